The molecule has 1 aromatic carbocycles. The minimum Gasteiger partial charge on any atom is -0.491 e. The van der Waals surface area contributed by atoms with Crippen LogP contribution >= 0.6 is 0 Å². The Morgan fingerprint density at radius 1 is 1.24 bits per heavy atom. The first kappa shape index (κ1) is 16.3. The zero-order chi connectivity index (χ0) is 15.4. The van der Waals surface area contributed by atoms with Crippen LogP contribution in [0.15, 0.2) is 24.3 Å². The summed E-state index contributed by atoms with van der Waals surface area (Å²) in [5.74, 6) is 1.66. The highest BCUT2D eigenvalue weighted by atomic mass is 16.5. The molecular formula is C18H30N2O. The molecule has 0 aromatic heterocycles. The molecule has 0 aliphatic carbocycles. The first-order chi connectivity index (χ1) is 9.95. The molecule has 0 unspecified atom stereocenters. The third-order valence-corrected chi connectivity index (χ3v) is 4.47. The van der Waals surface area contributed by atoms with E-state index in [1.165, 1.54) is 18.5 Å². The van der Waals surface area contributed by atoms with Gasteiger partial charge in [0.05, 0.1) is 6.10 Å². The molecular weight excluding hydrogens is 260 g/mol. The Balaban J connectivity index is 1.85. The topological polar surface area (TPSA) is 24.5 Å². The van der Waals surface area contributed by atoms with Gasteiger partial charge in [0, 0.05) is 25.2 Å². The average molecular weight is 290 g/mol. The van der Waals surface area contributed by atoms with E-state index in [1.54, 1.807) is 0 Å². The molecule has 21 heavy (non-hydrogen) atoms. The van der Waals surface area contributed by atoms with Gasteiger partial charge in [-0.05, 0) is 57.9 Å². The molecule has 1 aromatic rings. The molecule has 0 saturated carbocycles. The minimum atomic E-state index is 0.232. The van der Waals surface area contributed by atoms with E-state index in [1.807, 2.05) is 0 Å². The summed E-state index contributed by atoms with van der Waals surface area (Å²) in [5, 5.41) is 3.73. The summed E-state index contributed by atoms with van der Waals surface area (Å²) >= 11 is 0. The van der Waals surface area contributed by atoms with Crippen molar-refractivity contribution in [1.82, 2.24) is 10.2 Å². The highest BCUT2D eigenvalue weighted by Gasteiger charge is 2.28. The highest BCUT2D eigenvalue weighted by molar-refractivity contribution is 5.27. The molecule has 3 atom stereocenters. The normalized spacial score (nSPS) is 27.0. The molecule has 0 bridgehead atoms. The van der Waals surface area contributed by atoms with Crippen LogP contribution in [0, 0.1) is 5.92 Å². The average Bonchev–Trinajstić information content (AvgIpc) is 2.42. The summed E-state index contributed by atoms with van der Waals surface area (Å²) < 4.78 is 5.68. The zero-order valence-electron chi connectivity index (χ0n) is 14.1. The van der Waals surface area contributed by atoms with Gasteiger partial charge in [-0.25, -0.2) is 0 Å². The van der Waals surface area contributed by atoms with Gasteiger partial charge in [-0.2, -0.15) is 0 Å². The fourth-order valence-electron chi connectivity index (χ4n) is 3.03. The van der Waals surface area contributed by atoms with Crippen LogP contribution in [-0.4, -0.2) is 36.7 Å². The second-order valence-corrected chi connectivity index (χ2v) is 6.80. The molecule has 1 heterocycles. The summed E-state index contributed by atoms with van der Waals surface area (Å²) in [7, 11) is 2.23. The smallest absolute Gasteiger partial charge is 0.119 e. The molecule has 0 spiro atoms. The van der Waals surface area contributed by atoms with Crippen molar-refractivity contribution in [2.24, 2.45) is 5.92 Å². The predicted octanol–water partition coefficient (Wildman–Crippen LogP) is 3.29. The molecule has 1 aliphatic heterocycles. The Morgan fingerprint density at radius 2 is 1.90 bits per heavy atom. The van der Waals surface area contributed by atoms with Gasteiger partial charge in [0.1, 0.15) is 5.75 Å². The molecule has 118 valence electrons. The van der Waals surface area contributed by atoms with E-state index < -0.39 is 0 Å². The first-order valence-corrected chi connectivity index (χ1v) is 8.15. The Hall–Kier alpha value is -1.06. The molecule has 3 nitrogen and oxygen atoms in total. The Kier molecular flexibility index (Phi) is 5.65. The van der Waals surface area contributed by atoms with Crippen molar-refractivity contribution in [2.45, 2.75) is 58.8 Å². The van der Waals surface area contributed by atoms with Gasteiger partial charge in [-0.3, -0.25) is 0 Å². The van der Waals surface area contributed by atoms with E-state index in [4.69, 9.17) is 4.74 Å². The Labute approximate surface area is 129 Å². The highest BCUT2D eigenvalue weighted by Crippen LogP contribution is 2.21. The molecule has 2 rings (SSSR count). The lowest BCUT2D eigenvalue weighted by Crippen LogP contribution is -2.50. The maximum atomic E-state index is 5.68. The van der Waals surface area contributed by atoms with Crippen LogP contribution in [0.25, 0.3) is 0 Å². The summed E-state index contributed by atoms with van der Waals surface area (Å²) in [4.78, 5) is 2.46. The molecule has 3 heteroatoms. The van der Waals surface area contributed by atoms with Crippen LogP contribution < -0.4 is 10.1 Å². The maximum Gasteiger partial charge on any atom is 0.119 e. The molecule has 1 saturated heterocycles. The van der Waals surface area contributed by atoms with Gasteiger partial charge in [-0.1, -0.05) is 19.1 Å². The molecule has 1 fully saturated rings. The zero-order valence-corrected chi connectivity index (χ0v) is 14.1. The second-order valence-electron chi connectivity index (χ2n) is 6.80. The summed E-state index contributed by atoms with van der Waals surface area (Å²) in [6.45, 7) is 10.9. The number of likely N-dealkylation sites (tertiary alicyclic amines) is 1. The standard InChI is InChI=1S/C18H30N2O/c1-13(2)21-17-8-6-16(7-9-17)11-19-18-10-15(4)20(5)12-14(18)3/h6-9,13-15,18-19H,10-12H2,1-5H3/t14-,15+,18+/m0/s1. The van der Waals surface area contributed by atoms with Gasteiger partial charge in [0.25, 0.3) is 0 Å². The van der Waals surface area contributed by atoms with Crippen molar-refractivity contribution in [3.05, 3.63) is 29.8 Å². The summed E-state index contributed by atoms with van der Waals surface area (Å²) in [6.07, 6.45) is 1.46. The van der Waals surface area contributed by atoms with Gasteiger partial charge < -0.3 is 15.0 Å². The molecule has 1 N–H and O–H groups in total. The minimum absolute atomic E-state index is 0.232. The van der Waals surface area contributed by atoms with Crippen molar-refractivity contribution >= 4 is 0 Å². The van der Waals surface area contributed by atoms with E-state index >= 15 is 0 Å². The van der Waals surface area contributed by atoms with Gasteiger partial charge in [0.15, 0.2) is 0 Å². The monoisotopic (exact) mass is 290 g/mol. The van der Waals surface area contributed by atoms with E-state index in [9.17, 15) is 0 Å². The van der Waals surface area contributed by atoms with Crippen LogP contribution in [0.2, 0.25) is 0 Å². The van der Waals surface area contributed by atoms with Crippen LogP contribution in [0.1, 0.15) is 39.7 Å². The van der Waals surface area contributed by atoms with Crippen molar-refractivity contribution in [1.29, 1.82) is 0 Å². The SMILES string of the molecule is CC(C)Oc1ccc(CN[C@@H]2C[C@@H](C)N(C)C[C@@H]2C)cc1. The third-order valence-electron chi connectivity index (χ3n) is 4.47. The van der Waals surface area contributed by atoms with E-state index in [0.717, 1.165) is 12.3 Å². The number of ether oxygens (including phenoxy) is 1. The van der Waals surface area contributed by atoms with Crippen molar-refractivity contribution in [2.75, 3.05) is 13.6 Å². The summed E-state index contributed by atoms with van der Waals surface area (Å²) in [6, 6.07) is 9.74. The van der Waals surface area contributed by atoms with Crippen LogP contribution in [0.4, 0.5) is 0 Å². The van der Waals surface area contributed by atoms with Gasteiger partial charge >= 0.3 is 0 Å². The fraction of sp³-hybridized carbons (Fsp3) is 0.667. The Bertz CT molecular complexity index is 429. The second kappa shape index (κ2) is 7.28. The number of hydrogen-bond donors (Lipinski definition) is 1. The predicted molar refractivity (Wildman–Crippen MR) is 88.7 cm³/mol. The first-order valence-electron chi connectivity index (χ1n) is 8.15. The molecule has 0 amide bonds. The number of benzene rings is 1. The van der Waals surface area contributed by atoms with E-state index in [2.05, 4.69) is 69.2 Å². The number of nitrogens with one attached hydrogen (secondary N) is 1. The molecule has 0 radical (unpaired) electrons. The Morgan fingerprint density at radius 3 is 2.52 bits per heavy atom. The fourth-order valence-corrected chi connectivity index (χ4v) is 3.03. The lowest BCUT2D eigenvalue weighted by molar-refractivity contribution is 0.121. The van der Waals surface area contributed by atoms with Crippen molar-refractivity contribution < 1.29 is 4.74 Å². The van der Waals surface area contributed by atoms with Crippen LogP contribution in [-0.2, 0) is 6.54 Å². The number of hydrogen-bond acceptors (Lipinski definition) is 3. The number of piperidine rings is 1. The van der Waals surface area contributed by atoms with Gasteiger partial charge in [0.2, 0.25) is 0 Å². The summed E-state index contributed by atoms with van der Waals surface area (Å²) in [5.41, 5.74) is 1.32. The number of nitrogens with zero attached hydrogens (tertiary/aromatic N) is 1. The van der Waals surface area contributed by atoms with Crippen LogP contribution in [0.3, 0.4) is 0 Å². The number of rotatable bonds is 5. The lowest BCUT2D eigenvalue weighted by Gasteiger charge is -2.40. The lowest BCUT2D eigenvalue weighted by atomic mass is 9.90. The molecule has 1 aliphatic rings. The van der Waals surface area contributed by atoms with E-state index in [0.29, 0.717) is 18.0 Å². The van der Waals surface area contributed by atoms with Crippen molar-refractivity contribution in [3.8, 4) is 5.75 Å². The quantitative estimate of drug-likeness (QED) is 0.900. The third kappa shape index (κ3) is 4.72. The van der Waals surface area contributed by atoms with Crippen LogP contribution in [0.5, 0.6) is 5.75 Å². The maximum absolute atomic E-state index is 5.68. The largest absolute Gasteiger partial charge is 0.491 e. The van der Waals surface area contributed by atoms with Crippen molar-refractivity contribution in [3.63, 3.8) is 0 Å². The van der Waals surface area contributed by atoms with E-state index in [-0.39, 0.29) is 6.10 Å². The van der Waals surface area contributed by atoms with Gasteiger partial charge in [-0.15, -0.1) is 0 Å².